The Balaban J connectivity index is 3.57. The molecule has 0 unspecified atom stereocenters. The molecule has 116 valence electrons. The van der Waals surface area contributed by atoms with Gasteiger partial charge in [-0.15, -0.1) is 0 Å². The van der Waals surface area contributed by atoms with E-state index in [1.165, 1.54) is 27.5 Å². The summed E-state index contributed by atoms with van der Waals surface area (Å²) in [5.74, 6) is 0.269. The summed E-state index contributed by atoms with van der Waals surface area (Å²) < 4.78 is 16.2. The maximum atomic E-state index is 12.0. The number of methoxy groups -OCH3 is 3. The fraction of sp³-hybridized carbons (Fsp3) is 0.467. The van der Waals surface area contributed by atoms with Crippen molar-refractivity contribution in [2.24, 2.45) is 0 Å². The molecule has 0 atom stereocenters. The topological polar surface area (TPSA) is 68.0 Å². The first kappa shape index (κ1) is 16.8. The van der Waals surface area contributed by atoms with Crippen LogP contribution in [-0.4, -0.2) is 49.0 Å². The lowest BCUT2D eigenvalue weighted by molar-refractivity contribution is -0.816. The van der Waals surface area contributed by atoms with Crippen LogP contribution in [0.3, 0.4) is 0 Å². The van der Waals surface area contributed by atoms with Crippen LogP contribution in [0, 0.1) is 0 Å². The highest BCUT2D eigenvalue weighted by molar-refractivity contribution is 6.01. The standard InChI is InChI=1S/C15H22NO5/c1-15(2,3)16(18)9-10-7-11(19-4)8-12(20-5)13(10)14(17)21-6/h7-9,18H,1-6H3/q+1/b16-9-. The summed E-state index contributed by atoms with van der Waals surface area (Å²) in [6.07, 6.45) is 1.44. The van der Waals surface area contributed by atoms with Crippen LogP contribution in [0.25, 0.3) is 0 Å². The Morgan fingerprint density at radius 2 is 1.81 bits per heavy atom. The Labute approximate surface area is 124 Å². The summed E-state index contributed by atoms with van der Waals surface area (Å²) in [4.78, 5) is 12.0. The normalized spacial score (nSPS) is 12.0. The van der Waals surface area contributed by atoms with Gasteiger partial charge >= 0.3 is 5.97 Å². The monoisotopic (exact) mass is 296 g/mol. The Kier molecular flexibility index (Phi) is 5.18. The van der Waals surface area contributed by atoms with Crippen molar-refractivity contribution >= 4 is 12.2 Å². The SMILES string of the molecule is COC(=O)c1c(/C=[N+](\O)C(C)(C)C)cc(OC)cc1OC. The van der Waals surface area contributed by atoms with Crippen molar-refractivity contribution in [3.63, 3.8) is 0 Å². The quantitative estimate of drug-likeness (QED) is 0.303. The molecule has 0 spiro atoms. The Morgan fingerprint density at radius 3 is 2.24 bits per heavy atom. The van der Waals surface area contributed by atoms with Gasteiger partial charge in [-0.1, -0.05) is 0 Å². The molecule has 1 rings (SSSR count). The molecule has 0 bridgehead atoms. The van der Waals surface area contributed by atoms with Gasteiger partial charge in [0.1, 0.15) is 17.1 Å². The Bertz CT molecular complexity index is 558. The number of rotatable bonds is 4. The van der Waals surface area contributed by atoms with Crippen molar-refractivity contribution in [3.8, 4) is 11.5 Å². The van der Waals surface area contributed by atoms with Gasteiger partial charge in [-0.05, 0) is 10.8 Å². The number of hydrogen-bond acceptors (Lipinski definition) is 5. The third-order valence-corrected chi connectivity index (χ3v) is 2.90. The summed E-state index contributed by atoms with van der Waals surface area (Å²) in [6, 6.07) is 3.21. The predicted octanol–water partition coefficient (Wildman–Crippen LogP) is 2.11. The van der Waals surface area contributed by atoms with Crippen LogP contribution in [0.5, 0.6) is 11.5 Å². The van der Waals surface area contributed by atoms with Crippen LogP contribution < -0.4 is 9.47 Å². The molecule has 0 heterocycles. The zero-order valence-electron chi connectivity index (χ0n) is 13.3. The minimum absolute atomic E-state index is 0.226. The van der Waals surface area contributed by atoms with Crippen LogP contribution in [0.15, 0.2) is 12.1 Å². The molecule has 0 saturated carbocycles. The summed E-state index contributed by atoms with van der Waals surface area (Å²) in [5, 5.41) is 10.1. The number of hydrogen-bond donors (Lipinski definition) is 1. The Hall–Kier alpha value is -2.24. The molecule has 1 aromatic carbocycles. The van der Waals surface area contributed by atoms with E-state index < -0.39 is 11.5 Å². The van der Waals surface area contributed by atoms with Crippen LogP contribution >= 0.6 is 0 Å². The first-order valence-electron chi connectivity index (χ1n) is 6.42. The maximum Gasteiger partial charge on any atom is 0.342 e. The highest BCUT2D eigenvalue weighted by Crippen LogP contribution is 2.28. The van der Waals surface area contributed by atoms with E-state index in [4.69, 9.17) is 14.2 Å². The number of esters is 1. The molecule has 0 saturated heterocycles. The molecule has 0 aromatic heterocycles. The van der Waals surface area contributed by atoms with Crippen molar-refractivity contribution in [1.82, 2.24) is 0 Å². The van der Waals surface area contributed by atoms with Gasteiger partial charge in [-0.3, -0.25) is 5.21 Å². The molecule has 0 aliphatic rings. The zero-order valence-corrected chi connectivity index (χ0v) is 13.3. The van der Waals surface area contributed by atoms with Gasteiger partial charge in [0.25, 0.3) is 0 Å². The minimum atomic E-state index is -0.553. The number of carbonyl (C=O) groups is 1. The number of nitrogens with zero attached hydrogens (tertiary/aromatic N) is 1. The minimum Gasteiger partial charge on any atom is -0.497 e. The van der Waals surface area contributed by atoms with Crippen molar-refractivity contribution in [3.05, 3.63) is 23.3 Å². The maximum absolute atomic E-state index is 12.0. The first-order chi connectivity index (χ1) is 9.74. The van der Waals surface area contributed by atoms with E-state index in [9.17, 15) is 10.0 Å². The third-order valence-electron chi connectivity index (χ3n) is 2.90. The van der Waals surface area contributed by atoms with Gasteiger partial charge in [0.05, 0.1) is 26.9 Å². The van der Waals surface area contributed by atoms with Crippen molar-refractivity contribution in [1.29, 1.82) is 0 Å². The Morgan fingerprint density at radius 1 is 1.19 bits per heavy atom. The van der Waals surface area contributed by atoms with E-state index in [-0.39, 0.29) is 5.56 Å². The molecule has 0 fully saturated rings. The molecular weight excluding hydrogens is 274 g/mol. The van der Waals surface area contributed by atoms with E-state index in [0.717, 1.165) is 4.74 Å². The van der Waals surface area contributed by atoms with Gasteiger partial charge in [-0.2, -0.15) is 0 Å². The fourth-order valence-electron chi connectivity index (χ4n) is 1.64. The average molecular weight is 296 g/mol. The van der Waals surface area contributed by atoms with E-state index in [0.29, 0.717) is 17.1 Å². The smallest absolute Gasteiger partial charge is 0.342 e. The summed E-state index contributed by atoms with van der Waals surface area (Å²) in [5.41, 5.74) is 0.142. The molecule has 0 aliphatic heterocycles. The molecule has 1 aromatic rings. The van der Waals surface area contributed by atoms with Gasteiger partial charge in [-0.25, -0.2) is 4.79 Å². The van der Waals surface area contributed by atoms with E-state index in [2.05, 4.69) is 0 Å². The molecule has 6 nitrogen and oxygen atoms in total. The average Bonchev–Trinajstić information content (AvgIpc) is 2.44. The second-order valence-corrected chi connectivity index (χ2v) is 5.43. The first-order valence-corrected chi connectivity index (χ1v) is 6.42. The van der Waals surface area contributed by atoms with Gasteiger partial charge in [0.2, 0.25) is 11.8 Å². The van der Waals surface area contributed by atoms with Gasteiger partial charge < -0.3 is 14.2 Å². The van der Waals surface area contributed by atoms with Crippen LogP contribution in [0.1, 0.15) is 36.7 Å². The van der Waals surface area contributed by atoms with E-state index in [1.807, 2.05) is 20.8 Å². The molecule has 0 aliphatic carbocycles. The lowest BCUT2D eigenvalue weighted by Gasteiger charge is -2.13. The van der Waals surface area contributed by atoms with E-state index >= 15 is 0 Å². The van der Waals surface area contributed by atoms with Crippen molar-refractivity contribution in [2.75, 3.05) is 21.3 Å². The van der Waals surface area contributed by atoms with Crippen LogP contribution in [-0.2, 0) is 4.74 Å². The third kappa shape index (κ3) is 3.87. The molecule has 6 heteroatoms. The number of benzene rings is 1. The molecule has 0 amide bonds. The lowest BCUT2D eigenvalue weighted by atomic mass is 10.1. The lowest BCUT2D eigenvalue weighted by Crippen LogP contribution is -2.31. The second kappa shape index (κ2) is 6.47. The van der Waals surface area contributed by atoms with Crippen LogP contribution in [0.4, 0.5) is 0 Å². The highest BCUT2D eigenvalue weighted by atomic mass is 16.5. The van der Waals surface area contributed by atoms with Gasteiger partial charge in [0, 0.05) is 26.8 Å². The number of carbonyl (C=O) groups excluding carboxylic acids is 1. The van der Waals surface area contributed by atoms with Crippen molar-refractivity contribution in [2.45, 2.75) is 26.3 Å². The number of ether oxygens (including phenoxy) is 3. The molecule has 1 N–H and O–H groups in total. The van der Waals surface area contributed by atoms with E-state index in [1.54, 1.807) is 12.1 Å². The highest BCUT2D eigenvalue weighted by Gasteiger charge is 2.27. The molecule has 21 heavy (non-hydrogen) atoms. The largest absolute Gasteiger partial charge is 0.497 e. The fourth-order valence-corrected chi connectivity index (χ4v) is 1.64. The number of hydroxylamine groups is 1. The second-order valence-electron chi connectivity index (χ2n) is 5.43. The van der Waals surface area contributed by atoms with Crippen LogP contribution in [0.2, 0.25) is 0 Å². The van der Waals surface area contributed by atoms with Gasteiger partial charge in [0.15, 0.2) is 0 Å². The summed E-state index contributed by atoms with van der Waals surface area (Å²) in [6.45, 7) is 5.50. The van der Waals surface area contributed by atoms with Crippen molar-refractivity contribution < 1.29 is 29.0 Å². The summed E-state index contributed by atoms with van der Waals surface area (Å²) >= 11 is 0. The molecule has 0 radical (unpaired) electrons. The summed E-state index contributed by atoms with van der Waals surface area (Å²) in [7, 11) is 4.25. The molecular formula is C15H22NO5+. The zero-order chi connectivity index (χ0) is 16.2. The predicted molar refractivity (Wildman–Crippen MR) is 77.9 cm³/mol.